The van der Waals surface area contributed by atoms with E-state index in [4.69, 9.17) is 0 Å². The van der Waals surface area contributed by atoms with E-state index in [1.54, 1.807) is 5.55 Å². The molecule has 0 aromatic rings. The second kappa shape index (κ2) is 6.50. The molecule has 0 radical (unpaired) electrons. The molecule has 0 aromatic carbocycles. The van der Waals surface area contributed by atoms with Gasteiger partial charge in [-0.3, -0.25) is 4.99 Å². The molecule has 0 atom stereocenters. The normalized spacial score (nSPS) is 11.1. The van der Waals surface area contributed by atoms with Crippen molar-refractivity contribution in [1.29, 1.82) is 0 Å². The summed E-state index contributed by atoms with van der Waals surface area (Å²) in [7, 11) is 0. The lowest BCUT2D eigenvalue weighted by Gasteiger charge is -1.74. The lowest BCUT2D eigenvalue weighted by Crippen LogP contribution is -1.52. The van der Waals surface area contributed by atoms with Crippen LogP contribution in [0.1, 0.15) is 6.92 Å². The first kappa shape index (κ1) is 7.50. The molecule has 0 amide bonds. The first-order chi connectivity index (χ1) is 3.91. The molecular weight excluding hydrogens is 118 g/mol. The average Bonchev–Trinajstić information content (AvgIpc) is 1.81. The zero-order chi connectivity index (χ0) is 6.24. The molecule has 0 aliphatic carbocycles. The van der Waals surface area contributed by atoms with Crippen molar-refractivity contribution in [2.24, 2.45) is 4.99 Å². The van der Waals surface area contributed by atoms with E-state index >= 15 is 0 Å². The number of nitrogens with zero attached hydrogens (tertiary/aromatic N) is 1. The quantitative estimate of drug-likeness (QED) is 0.419. The smallest absolute Gasteiger partial charge is 0.0638 e. The van der Waals surface area contributed by atoms with Gasteiger partial charge < -0.3 is 0 Å². The highest BCUT2D eigenvalue weighted by molar-refractivity contribution is 8.14. The van der Waals surface area contributed by atoms with Crippen LogP contribution in [0.15, 0.2) is 29.3 Å². The summed E-state index contributed by atoms with van der Waals surface area (Å²) >= 11 is 1.53. The van der Waals surface area contributed by atoms with Crippen LogP contribution in [-0.2, 0) is 0 Å². The monoisotopic (exact) mass is 127 g/mol. The van der Waals surface area contributed by atoms with Crippen LogP contribution < -0.4 is 0 Å². The third kappa shape index (κ3) is 5.50. The minimum Gasteiger partial charge on any atom is -0.258 e. The number of hydrogen-bond donors (Lipinski definition) is 0. The standard InChI is InChI=1S/C6H9NS/c1-3-5-8-6-7-4-2/h3-6H,2H2,1H3/b5-3-,7-6-. The molecule has 8 heavy (non-hydrogen) atoms. The van der Waals surface area contributed by atoms with Gasteiger partial charge in [0.1, 0.15) is 0 Å². The Morgan fingerprint density at radius 1 is 1.62 bits per heavy atom. The Labute approximate surface area is 54.2 Å². The lowest BCUT2D eigenvalue weighted by atomic mass is 10.8. The molecule has 0 fully saturated rings. The fourth-order valence-corrected chi connectivity index (χ4v) is 0.576. The summed E-state index contributed by atoms with van der Waals surface area (Å²) in [5.74, 6) is 0. The van der Waals surface area contributed by atoms with Crippen LogP contribution in [0.4, 0.5) is 0 Å². The van der Waals surface area contributed by atoms with Crippen molar-refractivity contribution < 1.29 is 0 Å². The van der Waals surface area contributed by atoms with Gasteiger partial charge in [0.05, 0.1) is 5.55 Å². The molecule has 0 aliphatic heterocycles. The van der Waals surface area contributed by atoms with Crippen LogP contribution in [-0.4, -0.2) is 5.55 Å². The van der Waals surface area contributed by atoms with E-state index in [1.807, 2.05) is 18.4 Å². The molecule has 2 heteroatoms. The molecule has 0 aliphatic rings. The van der Waals surface area contributed by atoms with Gasteiger partial charge in [-0.25, -0.2) is 0 Å². The van der Waals surface area contributed by atoms with Gasteiger partial charge in [-0.15, -0.1) is 0 Å². The van der Waals surface area contributed by atoms with E-state index in [0.29, 0.717) is 0 Å². The molecule has 0 spiro atoms. The van der Waals surface area contributed by atoms with Crippen molar-refractivity contribution in [3.63, 3.8) is 0 Å². The predicted octanol–water partition coefficient (Wildman–Crippen LogP) is 2.43. The molecule has 0 unspecified atom stereocenters. The third-order valence-corrected chi connectivity index (χ3v) is 1.11. The van der Waals surface area contributed by atoms with Gasteiger partial charge in [0.2, 0.25) is 0 Å². The fourth-order valence-electron chi connectivity index (χ4n) is 0.192. The van der Waals surface area contributed by atoms with Crippen LogP contribution in [0.25, 0.3) is 0 Å². The number of allylic oxidation sites excluding steroid dienone is 1. The highest BCUT2D eigenvalue weighted by atomic mass is 32.2. The summed E-state index contributed by atoms with van der Waals surface area (Å²) in [6.07, 6.45) is 3.47. The maximum atomic E-state index is 3.76. The van der Waals surface area contributed by atoms with Crippen LogP contribution in [0.5, 0.6) is 0 Å². The summed E-state index contributed by atoms with van der Waals surface area (Å²) in [4.78, 5) is 3.76. The Kier molecular flexibility index (Phi) is 6.09. The Bertz CT molecular complexity index is 105. The van der Waals surface area contributed by atoms with Gasteiger partial charge in [-0.05, 0) is 12.3 Å². The molecule has 0 saturated heterocycles. The molecule has 0 N–H and O–H groups in total. The van der Waals surface area contributed by atoms with Crippen molar-refractivity contribution >= 4 is 17.3 Å². The zero-order valence-corrected chi connectivity index (χ0v) is 5.69. The van der Waals surface area contributed by atoms with E-state index in [-0.39, 0.29) is 0 Å². The molecule has 0 aromatic heterocycles. The molecule has 1 nitrogen and oxygen atoms in total. The summed E-state index contributed by atoms with van der Waals surface area (Å²) in [5, 5.41) is 1.95. The van der Waals surface area contributed by atoms with Gasteiger partial charge in [0.15, 0.2) is 0 Å². The summed E-state index contributed by atoms with van der Waals surface area (Å²) < 4.78 is 0. The van der Waals surface area contributed by atoms with Crippen molar-refractivity contribution in [2.45, 2.75) is 6.92 Å². The average molecular weight is 127 g/mol. The fraction of sp³-hybridized carbons (Fsp3) is 0.167. The molecule has 0 heterocycles. The number of thioether (sulfide) groups is 1. The topological polar surface area (TPSA) is 12.4 Å². The summed E-state index contributed by atoms with van der Waals surface area (Å²) in [6.45, 7) is 5.39. The third-order valence-electron chi connectivity index (χ3n) is 0.442. The van der Waals surface area contributed by atoms with Gasteiger partial charge in [-0.2, -0.15) is 0 Å². The number of rotatable bonds is 3. The van der Waals surface area contributed by atoms with E-state index < -0.39 is 0 Å². The number of hydrogen-bond acceptors (Lipinski definition) is 2. The number of aliphatic imine (C=N–C) groups is 1. The lowest BCUT2D eigenvalue weighted by molar-refractivity contribution is 1.65. The van der Waals surface area contributed by atoms with E-state index in [2.05, 4.69) is 11.6 Å². The van der Waals surface area contributed by atoms with Gasteiger partial charge in [-0.1, -0.05) is 24.4 Å². The second-order valence-corrected chi connectivity index (χ2v) is 1.80. The first-order valence-electron chi connectivity index (χ1n) is 2.31. The van der Waals surface area contributed by atoms with Crippen LogP contribution >= 0.6 is 11.8 Å². The molecule has 44 valence electrons. The highest BCUT2D eigenvalue weighted by Gasteiger charge is 1.63. The van der Waals surface area contributed by atoms with Crippen LogP contribution in [0.2, 0.25) is 0 Å². The maximum Gasteiger partial charge on any atom is 0.0638 e. The van der Waals surface area contributed by atoms with Gasteiger partial charge in [0, 0.05) is 6.20 Å². The summed E-state index contributed by atoms with van der Waals surface area (Å²) in [6, 6.07) is 0. The second-order valence-electron chi connectivity index (χ2n) is 1.04. The molecular formula is C6H9NS. The van der Waals surface area contributed by atoms with E-state index in [9.17, 15) is 0 Å². The molecule has 0 rings (SSSR count). The minimum atomic E-state index is 1.51. The van der Waals surface area contributed by atoms with Crippen LogP contribution in [0, 0.1) is 0 Å². The largest absolute Gasteiger partial charge is 0.258 e. The Morgan fingerprint density at radius 2 is 2.38 bits per heavy atom. The predicted molar refractivity (Wildman–Crippen MR) is 41.1 cm³/mol. The minimum absolute atomic E-state index is 1.51. The van der Waals surface area contributed by atoms with Gasteiger partial charge in [0.25, 0.3) is 0 Å². The molecule has 0 saturated carbocycles. The highest BCUT2D eigenvalue weighted by Crippen LogP contribution is 1.94. The molecule has 0 bridgehead atoms. The van der Waals surface area contributed by atoms with E-state index in [1.165, 1.54) is 18.0 Å². The van der Waals surface area contributed by atoms with Crippen molar-refractivity contribution in [3.05, 3.63) is 24.3 Å². The maximum absolute atomic E-state index is 3.76. The summed E-state index contributed by atoms with van der Waals surface area (Å²) in [5.41, 5.74) is 1.73. The SMILES string of the molecule is C=C/N=C\S/C=C\C. The Hall–Kier alpha value is -0.500. The Balaban J connectivity index is 3.15. The van der Waals surface area contributed by atoms with Crippen LogP contribution in [0.3, 0.4) is 0 Å². The van der Waals surface area contributed by atoms with E-state index in [0.717, 1.165) is 0 Å². The Morgan fingerprint density at radius 3 is 2.88 bits per heavy atom. The zero-order valence-electron chi connectivity index (χ0n) is 4.87. The van der Waals surface area contributed by atoms with Crippen molar-refractivity contribution in [2.75, 3.05) is 0 Å². The first-order valence-corrected chi connectivity index (χ1v) is 3.25. The van der Waals surface area contributed by atoms with Crippen molar-refractivity contribution in [1.82, 2.24) is 0 Å². The van der Waals surface area contributed by atoms with Gasteiger partial charge >= 0.3 is 0 Å². The van der Waals surface area contributed by atoms with Crippen molar-refractivity contribution in [3.8, 4) is 0 Å².